The molecule has 0 spiro atoms. The molecule has 1 fully saturated rings. The number of rotatable bonds is 6. The maximum Gasteiger partial charge on any atom is 0.239 e. The molecule has 1 heterocycles. The fourth-order valence-electron chi connectivity index (χ4n) is 2.26. The van der Waals surface area contributed by atoms with Crippen LogP contribution < -0.4 is 10.6 Å². The van der Waals surface area contributed by atoms with Gasteiger partial charge in [-0.25, -0.2) is 0 Å². The lowest BCUT2D eigenvalue weighted by Crippen LogP contribution is -2.37. The van der Waals surface area contributed by atoms with Crippen molar-refractivity contribution in [1.82, 2.24) is 20.3 Å². The van der Waals surface area contributed by atoms with Gasteiger partial charge in [-0.05, 0) is 49.9 Å². The summed E-state index contributed by atoms with van der Waals surface area (Å²) in [6.07, 6.45) is 5.74. The highest BCUT2D eigenvalue weighted by molar-refractivity contribution is 5.81. The molecule has 2 N–H and O–H groups in total. The van der Waals surface area contributed by atoms with Gasteiger partial charge in [0.15, 0.2) is 0 Å². The average Bonchev–Trinajstić information content (AvgIpc) is 3.21. The number of amides is 1. The van der Waals surface area contributed by atoms with Crippen LogP contribution in [0.5, 0.6) is 0 Å². The van der Waals surface area contributed by atoms with Crippen molar-refractivity contribution in [2.75, 3.05) is 11.9 Å². The standard InChI is InChI=1S/C15H19N5O/c1-11(12-2-3-12)19-15(21)10-16-13-4-6-14(7-5-13)20-17-8-9-18-20/h4-9,11-12,16H,2-3,10H2,1H3,(H,19,21)/t11-/m1/s1. The topological polar surface area (TPSA) is 71.8 Å². The van der Waals surface area contributed by atoms with E-state index >= 15 is 0 Å². The van der Waals surface area contributed by atoms with Gasteiger partial charge in [0.05, 0.1) is 24.6 Å². The van der Waals surface area contributed by atoms with Crippen LogP contribution in [0.4, 0.5) is 5.69 Å². The SMILES string of the molecule is C[C@@H](NC(=O)CNc1ccc(-n2nccn2)cc1)C1CC1. The number of carbonyl (C=O) groups is 1. The Kier molecular flexibility index (Phi) is 3.85. The predicted molar refractivity (Wildman–Crippen MR) is 80.2 cm³/mol. The Bertz CT molecular complexity index is 589. The predicted octanol–water partition coefficient (Wildman–Crippen LogP) is 1.59. The van der Waals surface area contributed by atoms with Crippen LogP contribution in [0.25, 0.3) is 5.69 Å². The summed E-state index contributed by atoms with van der Waals surface area (Å²) < 4.78 is 0. The Morgan fingerprint density at radius 3 is 2.57 bits per heavy atom. The number of hydrogen-bond acceptors (Lipinski definition) is 4. The number of nitrogens with zero attached hydrogens (tertiary/aromatic N) is 3. The minimum absolute atomic E-state index is 0.0345. The summed E-state index contributed by atoms with van der Waals surface area (Å²) in [5, 5.41) is 14.3. The zero-order chi connectivity index (χ0) is 14.7. The molecule has 1 aliphatic carbocycles. The third-order valence-electron chi connectivity index (χ3n) is 3.69. The zero-order valence-electron chi connectivity index (χ0n) is 12.0. The molecular weight excluding hydrogens is 266 g/mol. The Balaban J connectivity index is 1.50. The highest BCUT2D eigenvalue weighted by Gasteiger charge is 2.28. The van der Waals surface area contributed by atoms with Crippen molar-refractivity contribution in [2.45, 2.75) is 25.8 Å². The van der Waals surface area contributed by atoms with Crippen LogP contribution in [0.15, 0.2) is 36.7 Å². The van der Waals surface area contributed by atoms with Gasteiger partial charge in [-0.1, -0.05) is 0 Å². The van der Waals surface area contributed by atoms with Crippen LogP contribution in [0.3, 0.4) is 0 Å². The van der Waals surface area contributed by atoms with Gasteiger partial charge in [0.25, 0.3) is 0 Å². The molecule has 1 saturated carbocycles. The molecule has 0 unspecified atom stereocenters. The molecule has 6 heteroatoms. The molecular formula is C15H19N5O. The molecule has 0 radical (unpaired) electrons. The molecule has 1 amide bonds. The van der Waals surface area contributed by atoms with Crippen LogP contribution in [0, 0.1) is 5.92 Å². The first-order valence-electron chi connectivity index (χ1n) is 7.22. The minimum Gasteiger partial charge on any atom is -0.376 e. The Morgan fingerprint density at radius 1 is 1.29 bits per heavy atom. The van der Waals surface area contributed by atoms with Gasteiger partial charge in [-0.2, -0.15) is 15.0 Å². The maximum atomic E-state index is 11.8. The lowest BCUT2D eigenvalue weighted by atomic mass is 10.2. The van der Waals surface area contributed by atoms with Crippen LogP contribution in [0.2, 0.25) is 0 Å². The van der Waals surface area contributed by atoms with Gasteiger partial charge >= 0.3 is 0 Å². The molecule has 0 aliphatic heterocycles. The second-order valence-electron chi connectivity index (χ2n) is 5.41. The molecule has 21 heavy (non-hydrogen) atoms. The van der Waals surface area contributed by atoms with Crippen LogP contribution in [-0.2, 0) is 4.79 Å². The quantitative estimate of drug-likeness (QED) is 0.845. The van der Waals surface area contributed by atoms with E-state index in [9.17, 15) is 4.79 Å². The first-order chi connectivity index (χ1) is 10.2. The van der Waals surface area contributed by atoms with Crippen molar-refractivity contribution in [3.05, 3.63) is 36.7 Å². The maximum absolute atomic E-state index is 11.8. The third kappa shape index (κ3) is 3.59. The second kappa shape index (κ2) is 5.95. The molecule has 0 bridgehead atoms. The molecule has 1 aromatic heterocycles. The van der Waals surface area contributed by atoms with Crippen LogP contribution in [0.1, 0.15) is 19.8 Å². The van der Waals surface area contributed by atoms with Crippen molar-refractivity contribution in [3.63, 3.8) is 0 Å². The first-order valence-corrected chi connectivity index (χ1v) is 7.22. The fraction of sp³-hybridized carbons (Fsp3) is 0.400. The molecule has 110 valence electrons. The van der Waals surface area contributed by atoms with Gasteiger partial charge in [-0.15, -0.1) is 0 Å². The van der Waals surface area contributed by atoms with Crippen molar-refractivity contribution in [3.8, 4) is 5.69 Å². The second-order valence-corrected chi connectivity index (χ2v) is 5.41. The Hall–Kier alpha value is -2.37. The first kappa shape index (κ1) is 13.6. The molecule has 6 nitrogen and oxygen atoms in total. The van der Waals surface area contributed by atoms with E-state index in [4.69, 9.17) is 0 Å². The highest BCUT2D eigenvalue weighted by atomic mass is 16.1. The van der Waals surface area contributed by atoms with E-state index in [2.05, 4.69) is 27.8 Å². The molecule has 1 aromatic carbocycles. The van der Waals surface area contributed by atoms with Gasteiger partial charge in [0, 0.05) is 11.7 Å². The third-order valence-corrected chi connectivity index (χ3v) is 3.69. The smallest absolute Gasteiger partial charge is 0.239 e. The van der Waals surface area contributed by atoms with E-state index in [1.54, 1.807) is 17.2 Å². The highest BCUT2D eigenvalue weighted by Crippen LogP contribution is 2.32. The van der Waals surface area contributed by atoms with E-state index in [1.807, 2.05) is 24.3 Å². The summed E-state index contributed by atoms with van der Waals surface area (Å²) in [4.78, 5) is 13.4. The van der Waals surface area contributed by atoms with E-state index in [0.717, 1.165) is 11.4 Å². The zero-order valence-corrected chi connectivity index (χ0v) is 12.0. The van der Waals surface area contributed by atoms with Crippen molar-refractivity contribution >= 4 is 11.6 Å². The lowest BCUT2D eigenvalue weighted by Gasteiger charge is -2.13. The van der Waals surface area contributed by atoms with Crippen molar-refractivity contribution in [2.24, 2.45) is 5.92 Å². The van der Waals surface area contributed by atoms with Crippen LogP contribution >= 0.6 is 0 Å². The summed E-state index contributed by atoms with van der Waals surface area (Å²) in [6.45, 7) is 2.36. The average molecular weight is 285 g/mol. The van der Waals surface area contributed by atoms with E-state index < -0.39 is 0 Å². The number of hydrogen-bond donors (Lipinski definition) is 2. The molecule has 2 aromatic rings. The molecule has 3 rings (SSSR count). The number of nitrogens with one attached hydrogen (secondary N) is 2. The monoisotopic (exact) mass is 285 g/mol. The fourth-order valence-corrected chi connectivity index (χ4v) is 2.26. The van der Waals surface area contributed by atoms with Crippen molar-refractivity contribution < 1.29 is 4.79 Å². The van der Waals surface area contributed by atoms with Gasteiger partial charge in [0.2, 0.25) is 5.91 Å². The summed E-state index contributed by atoms with van der Waals surface area (Å²) in [5.41, 5.74) is 1.79. The van der Waals surface area contributed by atoms with Gasteiger partial charge in [-0.3, -0.25) is 4.79 Å². The normalized spacial score (nSPS) is 15.5. The van der Waals surface area contributed by atoms with Gasteiger partial charge in [0.1, 0.15) is 0 Å². The van der Waals surface area contributed by atoms with E-state index in [0.29, 0.717) is 5.92 Å². The largest absolute Gasteiger partial charge is 0.376 e. The number of aromatic nitrogens is 3. The summed E-state index contributed by atoms with van der Waals surface area (Å²) in [5.74, 6) is 0.710. The van der Waals surface area contributed by atoms with Gasteiger partial charge < -0.3 is 10.6 Å². The molecule has 1 aliphatic rings. The Morgan fingerprint density at radius 2 is 1.95 bits per heavy atom. The summed E-state index contributed by atoms with van der Waals surface area (Å²) >= 11 is 0. The molecule has 0 saturated heterocycles. The summed E-state index contributed by atoms with van der Waals surface area (Å²) in [6, 6.07) is 7.93. The summed E-state index contributed by atoms with van der Waals surface area (Å²) in [7, 11) is 0. The van der Waals surface area contributed by atoms with Crippen molar-refractivity contribution in [1.29, 1.82) is 0 Å². The van der Waals surface area contributed by atoms with E-state index in [-0.39, 0.29) is 18.5 Å². The number of benzene rings is 1. The van der Waals surface area contributed by atoms with E-state index in [1.165, 1.54) is 12.8 Å². The number of carbonyl (C=O) groups excluding carboxylic acids is 1. The molecule has 1 atom stereocenters. The lowest BCUT2D eigenvalue weighted by molar-refractivity contribution is -0.120. The number of anilines is 1. The minimum atomic E-state index is 0.0345. The van der Waals surface area contributed by atoms with Crippen LogP contribution in [-0.4, -0.2) is 33.5 Å². The Labute approximate surface area is 123 Å².